The summed E-state index contributed by atoms with van der Waals surface area (Å²) in [4.78, 5) is 7.94. The minimum Gasteiger partial charge on any atom is -0.357 e. The van der Waals surface area contributed by atoms with Crippen LogP contribution < -0.4 is 9.62 Å². The van der Waals surface area contributed by atoms with Crippen LogP contribution in [0.3, 0.4) is 0 Å². The van der Waals surface area contributed by atoms with Crippen LogP contribution in [0.1, 0.15) is 17.4 Å². The summed E-state index contributed by atoms with van der Waals surface area (Å²) in [7, 11) is -1.39. The Morgan fingerprint density at radius 1 is 1.29 bits per heavy atom. The molecule has 2 aromatic rings. The fourth-order valence-electron chi connectivity index (χ4n) is 3.28. The number of aliphatic imine (C=N–C) groups is 1. The maximum atomic E-state index is 12.8. The third kappa shape index (κ3) is 5.05. The Kier molecular flexibility index (Phi) is 6.96. The van der Waals surface area contributed by atoms with Gasteiger partial charge in [0.1, 0.15) is 0 Å². The largest absolute Gasteiger partial charge is 0.357 e. The number of sulfonamides is 1. The maximum absolute atomic E-state index is 12.8. The second kappa shape index (κ2) is 9.43. The van der Waals surface area contributed by atoms with E-state index in [2.05, 4.69) is 32.7 Å². The first-order valence-corrected chi connectivity index (χ1v) is 12.1. The van der Waals surface area contributed by atoms with E-state index in [1.807, 2.05) is 38.2 Å². The molecule has 1 aliphatic heterocycles. The Labute approximate surface area is 171 Å². The van der Waals surface area contributed by atoms with Crippen LogP contribution in [0.5, 0.6) is 0 Å². The summed E-state index contributed by atoms with van der Waals surface area (Å²) < 4.78 is 27.2. The summed E-state index contributed by atoms with van der Waals surface area (Å²) in [5.41, 5.74) is 1.91. The zero-order chi connectivity index (χ0) is 20.0. The van der Waals surface area contributed by atoms with Crippen molar-refractivity contribution in [3.63, 3.8) is 0 Å². The highest BCUT2D eigenvalue weighted by Crippen LogP contribution is 2.29. The molecule has 0 spiro atoms. The molecule has 28 heavy (non-hydrogen) atoms. The molecule has 0 saturated carbocycles. The van der Waals surface area contributed by atoms with E-state index in [-0.39, 0.29) is 12.3 Å². The number of guanidine groups is 1. The lowest BCUT2D eigenvalue weighted by atomic mass is 10.2. The molecule has 6 nitrogen and oxygen atoms in total. The molecule has 0 fully saturated rings. The predicted molar refractivity (Wildman–Crippen MR) is 118 cm³/mol. The third-order valence-electron chi connectivity index (χ3n) is 4.76. The van der Waals surface area contributed by atoms with Crippen LogP contribution in [0, 0.1) is 0 Å². The molecular weight excluding hydrogens is 392 g/mol. The van der Waals surface area contributed by atoms with Gasteiger partial charge in [0, 0.05) is 31.6 Å². The summed E-state index contributed by atoms with van der Waals surface area (Å²) in [6.45, 7) is 4.35. The average molecular weight is 421 g/mol. The van der Waals surface area contributed by atoms with Crippen molar-refractivity contribution in [1.29, 1.82) is 0 Å². The van der Waals surface area contributed by atoms with E-state index in [4.69, 9.17) is 0 Å². The van der Waals surface area contributed by atoms with Gasteiger partial charge in [-0.05, 0) is 42.8 Å². The molecule has 0 saturated heterocycles. The van der Waals surface area contributed by atoms with Crippen molar-refractivity contribution in [2.24, 2.45) is 4.99 Å². The Morgan fingerprint density at radius 3 is 2.86 bits per heavy atom. The van der Waals surface area contributed by atoms with Gasteiger partial charge in [0.05, 0.1) is 18.0 Å². The first kappa shape index (κ1) is 20.7. The SMILES string of the molecule is CCNC(=NCCS(=O)(=O)N1CCc2ccccc21)N(C)CCc1cccs1. The van der Waals surface area contributed by atoms with Gasteiger partial charge in [-0.1, -0.05) is 24.3 Å². The van der Waals surface area contributed by atoms with Crippen molar-refractivity contribution >= 4 is 33.0 Å². The summed E-state index contributed by atoms with van der Waals surface area (Å²) >= 11 is 1.75. The van der Waals surface area contributed by atoms with Crippen molar-refractivity contribution in [2.75, 3.05) is 43.3 Å². The van der Waals surface area contributed by atoms with Gasteiger partial charge in [0.2, 0.25) is 10.0 Å². The molecule has 152 valence electrons. The van der Waals surface area contributed by atoms with Gasteiger partial charge in [-0.3, -0.25) is 9.30 Å². The van der Waals surface area contributed by atoms with Crippen molar-refractivity contribution in [3.8, 4) is 0 Å². The van der Waals surface area contributed by atoms with E-state index in [1.54, 1.807) is 11.3 Å². The first-order chi connectivity index (χ1) is 13.5. The number of nitrogens with one attached hydrogen (secondary N) is 1. The number of thiophene rings is 1. The highest BCUT2D eigenvalue weighted by Gasteiger charge is 2.28. The number of rotatable bonds is 8. The molecule has 0 radical (unpaired) electrons. The molecule has 0 amide bonds. The summed E-state index contributed by atoms with van der Waals surface area (Å²) in [5, 5.41) is 5.33. The molecule has 0 aliphatic carbocycles. The summed E-state index contributed by atoms with van der Waals surface area (Å²) in [5.74, 6) is 0.755. The Morgan fingerprint density at radius 2 is 2.11 bits per heavy atom. The van der Waals surface area contributed by atoms with Crippen LogP contribution in [-0.2, 0) is 22.9 Å². The first-order valence-electron chi connectivity index (χ1n) is 9.61. The number of nitrogens with zero attached hydrogens (tertiary/aromatic N) is 3. The van der Waals surface area contributed by atoms with Crippen molar-refractivity contribution in [3.05, 3.63) is 52.2 Å². The van der Waals surface area contributed by atoms with Gasteiger partial charge >= 0.3 is 0 Å². The second-order valence-electron chi connectivity index (χ2n) is 6.75. The summed E-state index contributed by atoms with van der Waals surface area (Å²) in [6, 6.07) is 11.9. The third-order valence-corrected chi connectivity index (χ3v) is 7.45. The van der Waals surface area contributed by atoms with Crippen molar-refractivity contribution < 1.29 is 8.42 Å². The van der Waals surface area contributed by atoms with Crippen molar-refractivity contribution in [2.45, 2.75) is 19.8 Å². The van der Waals surface area contributed by atoms with Gasteiger partial charge in [-0.2, -0.15) is 0 Å². The van der Waals surface area contributed by atoms with E-state index >= 15 is 0 Å². The second-order valence-corrected chi connectivity index (χ2v) is 9.80. The molecule has 2 heterocycles. The Bertz CT molecular complexity index is 895. The number of likely N-dealkylation sites (N-methyl/N-ethyl adjacent to an activating group) is 1. The number of benzene rings is 1. The maximum Gasteiger partial charge on any atom is 0.237 e. The van der Waals surface area contributed by atoms with E-state index in [9.17, 15) is 8.42 Å². The molecule has 1 N–H and O–H groups in total. The molecular formula is C20H28N4O2S2. The van der Waals surface area contributed by atoms with Crippen molar-refractivity contribution in [1.82, 2.24) is 10.2 Å². The fourth-order valence-corrected chi connectivity index (χ4v) is 5.37. The van der Waals surface area contributed by atoms with E-state index in [1.165, 1.54) is 9.18 Å². The standard InChI is InChI=1S/C20H28N4O2S2/c1-3-21-20(23(2)13-11-18-8-6-15-27-18)22-12-16-28(25,26)24-14-10-17-7-4-5-9-19(17)24/h4-9,15H,3,10-14,16H2,1-2H3,(H,21,22). The van der Waals surface area contributed by atoms with Gasteiger partial charge in [-0.25, -0.2) is 8.42 Å². The van der Waals surface area contributed by atoms with Gasteiger partial charge < -0.3 is 10.2 Å². The minimum atomic E-state index is -3.38. The lowest BCUT2D eigenvalue weighted by molar-refractivity contribution is 0.487. The molecule has 0 atom stereocenters. The molecule has 0 bridgehead atoms. The molecule has 1 aromatic heterocycles. The van der Waals surface area contributed by atoms with E-state index in [0.29, 0.717) is 6.54 Å². The van der Waals surface area contributed by atoms with Crippen LogP contribution in [0.2, 0.25) is 0 Å². The molecule has 8 heteroatoms. The highest BCUT2D eigenvalue weighted by atomic mass is 32.2. The quantitative estimate of drug-likeness (QED) is 0.527. The van der Waals surface area contributed by atoms with Gasteiger partial charge in [0.25, 0.3) is 0 Å². The lowest BCUT2D eigenvalue weighted by Crippen LogP contribution is -2.40. The number of anilines is 1. The monoisotopic (exact) mass is 420 g/mol. The number of hydrogen-bond donors (Lipinski definition) is 1. The van der Waals surface area contributed by atoms with E-state index < -0.39 is 10.0 Å². The normalized spacial score (nSPS) is 14.2. The number of hydrogen-bond acceptors (Lipinski definition) is 4. The van der Waals surface area contributed by atoms with Crippen LogP contribution in [0.15, 0.2) is 46.8 Å². The number of fused-ring (bicyclic) bond motifs is 1. The molecule has 3 rings (SSSR count). The van der Waals surface area contributed by atoms with Crippen LogP contribution in [0.25, 0.3) is 0 Å². The smallest absolute Gasteiger partial charge is 0.237 e. The van der Waals surface area contributed by atoms with Crippen LogP contribution >= 0.6 is 11.3 Å². The predicted octanol–water partition coefficient (Wildman–Crippen LogP) is 2.58. The minimum absolute atomic E-state index is 0.00892. The van der Waals surface area contributed by atoms with E-state index in [0.717, 1.165) is 43.1 Å². The molecule has 0 unspecified atom stereocenters. The zero-order valence-corrected chi connectivity index (χ0v) is 18.1. The Balaban J connectivity index is 1.60. The zero-order valence-electron chi connectivity index (χ0n) is 16.5. The van der Waals surface area contributed by atoms with Gasteiger partial charge in [0.15, 0.2) is 5.96 Å². The average Bonchev–Trinajstić information content (AvgIpc) is 3.35. The Hall–Kier alpha value is -2.06. The summed E-state index contributed by atoms with van der Waals surface area (Å²) in [6.07, 6.45) is 1.72. The highest BCUT2D eigenvalue weighted by molar-refractivity contribution is 7.92. The lowest BCUT2D eigenvalue weighted by Gasteiger charge is -2.22. The van der Waals surface area contributed by atoms with Gasteiger partial charge in [-0.15, -0.1) is 11.3 Å². The topological polar surface area (TPSA) is 65.0 Å². The number of para-hydroxylation sites is 1. The van der Waals surface area contributed by atoms with Crippen LogP contribution in [-0.4, -0.2) is 58.3 Å². The van der Waals surface area contributed by atoms with Crippen LogP contribution in [0.4, 0.5) is 5.69 Å². The molecule has 1 aliphatic rings. The fraction of sp³-hybridized carbons (Fsp3) is 0.450. The molecule has 1 aromatic carbocycles.